The zero-order chi connectivity index (χ0) is 12.6. The van der Waals surface area contributed by atoms with E-state index in [-0.39, 0.29) is 12.1 Å². The number of rotatable bonds is 2. The van der Waals surface area contributed by atoms with Crippen LogP contribution in [0.1, 0.15) is 11.1 Å². The third-order valence-electron chi connectivity index (χ3n) is 3.01. The van der Waals surface area contributed by atoms with Gasteiger partial charge in [0.05, 0.1) is 5.52 Å². The van der Waals surface area contributed by atoms with Gasteiger partial charge in [-0.15, -0.1) is 0 Å². The Morgan fingerprint density at radius 3 is 2.59 bits per heavy atom. The fraction of sp³-hybridized carbons (Fsp3) is 0.231. The van der Waals surface area contributed by atoms with Gasteiger partial charge in [0.2, 0.25) is 0 Å². The Labute approximate surface area is 98.1 Å². The molecule has 2 rings (SSSR count). The van der Waals surface area contributed by atoms with Crippen molar-refractivity contribution in [2.45, 2.75) is 20.4 Å². The number of aromatic nitrogens is 1. The van der Waals surface area contributed by atoms with Crippen LogP contribution in [0.2, 0.25) is 0 Å². The molecule has 0 aliphatic rings. The largest absolute Gasteiger partial charge is 0.480 e. The molecule has 0 atom stereocenters. The Kier molecular flexibility index (Phi) is 2.71. The number of carboxylic acid groups (broad SMARTS) is 1. The average Bonchev–Trinajstić information content (AvgIpc) is 2.27. The van der Waals surface area contributed by atoms with E-state index in [9.17, 15) is 9.59 Å². The molecule has 0 unspecified atom stereocenters. The van der Waals surface area contributed by atoms with Crippen molar-refractivity contribution >= 4 is 16.9 Å². The molecule has 1 N–H and O–H groups in total. The lowest BCUT2D eigenvalue weighted by Gasteiger charge is -2.10. The summed E-state index contributed by atoms with van der Waals surface area (Å²) >= 11 is 0. The number of carbonyl (C=O) groups is 1. The summed E-state index contributed by atoms with van der Waals surface area (Å²) in [5.74, 6) is -1.02. The molecule has 0 amide bonds. The Balaban J connectivity index is 2.82. The first-order valence-corrected chi connectivity index (χ1v) is 5.32. The highest BCUT2D eigenvalue weighted by molar-refractivity contribution is 5.84. The zero-order valence-electron chi connectivity index (χ0n) is 9.73. The first kappa shape index (κ1) is 11.4. The zero-order valence-corrected chi connectivity index (χ0v) is 9.73. The van der Waals surface area contributed by atoms with Crippen LogP contribution in [0.4, 0.5) is 0 Å². The number of hydrogen-bond acceptors (Lipinski definition) is 2. The molecule has 1 heterocycles. The number of aryl methyl sites for hydroxylation is 2. The van der Waals surface area contributed by atoms with Gasteiger partial charge in [0.1, 0.15) is 6.54 Å². The molecule has 1 aromatic carbocycles. The molecule has 4 heteroatoms. The molecule has 0 spiro atoms. The molecule has 0 bridgehead atoms. The monoisotopic (exact) mass is 231 g/mol. The lowest BCUT2D eigenvalue weighted by Crippen LogP contribution is -2.23. The van der Waals surface area contributed by atoms with E-state index in [1.54, 1.807) is 12.1 Å². The highest BCUT2D eigenvalue weighted by Gasteiger charge is 2.08. The van der Waals surface area contributed by atoms with Crippen molar-refractivity contribution in [3.8, 4) is 0 Å². The van der Waals surface area contributed by atoms with Gasteiger partial charge in [0, 0.05) is 11.5 Å². The normalized spacial score (nSPS) is 10.7. The molecular weight excluding hydrogens is 218 g/mol. The van der Waals surface area contributed by atoms with E-state index in [0.717, 1.165) is 16.5 Å². The van der Waals surface area contributed by atoms with Crippen LogP contribution < -0.4 is 5.56 Å². The van der Waals surface area contributed by atoms with Crippen LogP contribution in [0.15, 0.2) is 29.1 Å². The van der Waals surface area contributed by atoms with Gasteiger partial charge in [-0.25, -0.2) is 0 Å². The molecule has 0 radical (unpaired) electrons. The van der Waals surface area contributed by atoms with Crippen LogP contribution in [0.25, 0.3) is 10.9 Å². The number of fused-ring (bicyclic) bond motifs is 1. The standard InChI is InChI=1S/C13H13NO3/c1-8-3-5-11-10(9(8)2)4-6-12(15)14(11)7-13(16)17/h3-6H,7H2,1-2H3,(H,16,17). The number of aliphatic carboxylic acids is 1. The van der Waals surface area contributed by atoms with E-state index in [2.05, 4.69) is 0 Å². The Morgan fingerprint density at radius 2 is 1.94 bits per heavy atom. The van der Waals surface area contributed by atoms with E-state index in [1.165, 1.54) is 10.6 Å². The van der Waals surface area contributed by atoms with E-state index in [4.69, 9.17) is 5.11 Å². The predicted molar refractivity (Wildman–Crippen MR) is 65.3 cm³/mol. The predicted octanol–water partition coefficient (Wildman–Crippen LogP) is 1.70. The van der Waals surface area contributed by atoms with E-state index >= 15 is 0 Å². The highest BCUT2D eigenvalue weighted by Crippen LogP contribution is 2.19. The van der Waals surface area contributed by atoms with Gasteiger partial charge in [0.25, 0.3) is 5.56 Å². The minimum absolute atomic E-state index is 0.289. The molecule has 2 aromatic rings. The van der Waals surface area contributed by atoms with Gasteiger partial charge in [-0.05, 0) is 37.1 Å². The number of carboxylic acids is 1. The minimum atomic E-state index is -1.02. The molecule has 17 heavy (non-hydrogen) atoms. The molecule has 0 saturated heterocycles. The highest BCUT2D eigenvalue weighted by atomic mass is 16.4. The number of benzene rings is 1. The van der Waals surface area contributed by atoms with Crippen LogP contribution in [-0.4, -0.2) is 15.6 Å². The summed E-state index contributed by atoms with van der Waals surface area (Å²) in [6.07, 6.45) is 0. The maximum atomic E-state index is 11.7. The number of pyridine rings is 1. The van der Waals surface area contributed by atoms with Gasteiger partial charge in [-0.1, -0.05) is 6.07 Å². The minimum Gasteiger partial charge on any atom is -0.480 e. The van der Waals surface area contributed by atoms with Crippen molar-refractivity contribution in [3.63, 3.8) is 0 Å². The van der Waals surface area contributed by atoms with Gasteiger partial charge < -0.3 is 5.11 Å². The fourth-order valence-electron chi connectivity index (χ4n) is 1.93. The van der Waals surface area contributed by atoms with Crippen molar-refractivity contribution in [1.29, 1.82) is 0 Å². The molecule has 88 valence electrons. The molecule has 0 fully saturated rings. The van der Waals surface area contributed by atoms with E-state index in [0.29, 0.717) is 5.52 Å². The summed E-state index contributed by atoms with van der Waals surface area (Å²) in [4.78, 5) is 22.4. The smallest absolute Gasteiger partial charge is 0.323 e. The van der Waals surface area contributed by atoms with Crippen molar-refractivity contribution in [2.24, 2.45) is 0 Å². The lowest BCUT2D eigenvalue weighted by atomic mass is 10.0. The molecule has 0 aliphatic heterocycles. The van der Waals surface area contributed by atoms with Gasteiger partial charge in [-0.3, -0.25) is 14.2 Å². The third-order valence-corrected chi connectivity index (χ3v) is 3.01. The fourth-order valence-corrected chi connectivity index (χ4v) is 1.93. The molecule has 0 aliphatic carbocycles. The Morgan fingerprint density at radius 1 is 1.24 bits per heavy atom. The average molecular weight is 231 g/mol. The number of hydrogen-bond donors (Lipinski definition) is 1. The Hall–Kier alpha value is -2.10. The maximum absolute atomic E-state index is 11.7. The maximum Gasteiger partial charge on any atom is 0.323 e. The summed E-state index contributed by atoms with van der Waals surface area (Å²) < 4.78 is 1.28. The van der Waals surface area contributed by atoms with Crippen molar-refractivity contribution in [2.75, 3.05) is 0 Å². The van der Waals surface area contributed by atoms with Crippen LogP contribution in [0.3, 0.4) is 0 Å². The summed E-state index contributed by atoms with van der Waals surface area (Å²) in [5.41, 5.74) is 2.57. The van der Waals surface area contributed by atoms with E-state index in [1.807, 2.05) is 19.9 Å². The van der Waals surface area contributed by atoms with Crippen LogP contribution in [0, 0.1) is 13.8 Å². The van der Waals surface area contributed by atoms with Crippen LogP contribution in [0.5, 0.6) is 0 Å². The second-order valence-electron chi connectivity index (χ2n) is 4.09. The number of nitrogens with zero attached hydrogens (tertiary/aromatic N) is 1. The second kappa shape index (κ2) is 4.05. The molecule has 4 nitrogen and oxygen atoms in total. The first-order chi connectivity index (χ1) is 8.00. The summed E-state index contributed by atoms with van der Waals surface area (Å²) in [5, 5.41) is 9.74. The van der Waals surface area contributed by atoms with Gasteiger partial charge in [0.15, 0.2) is 0 Å². The summed E-state index contributed by atoms with van der Waals surface area (Å²) in [6.45, 7) is 3.65. The summed E-state index contributed by atoms with van der Waals surface area (Å²) in [7, 11) is 0. The van der Waals surface area contributed by atoms with Gasteiger partial charge >= 0.3 is 5.97 Å². The third kappa shape index (κ3) is 1.93. The van der Waals surface area contributed by atoms with Crippen molar-refractivity contribution < 1.29 is 9.90 Å². The van der Waals surface area contributed by atoms with Crippen molar-refractivity contribution in [3.05, 3.63) is 45.7 Å². The SMILES string of the molecule is Cc1ccc2c(ccc(=O)n2CC(=O)O)c1C. The molecule has 1 aromatic heterocycles. The van der Waals surface area contributed by atoms with Crippen molar-refractivity contribution in [1.82, 2.24) is 4.57 Å². The van der Waals surface area contributed by atoms with Crippen LogP contribution >= 0.6 is 0 Å². The Bertz CT molecular complexity index is 655. The van der Waals surface area contributed by atoms with Gasteiger partial charge in [-0.2, -0.15) is 0 Å². The van der Waals surface area contributed by atoms with E-state index < -0.39 is 5.97 Å². The molecular formula is C13H13NO3. The molecule has 0 saturated carbocycles. The topological polar surface area (TPSA) is 59.3 Å². The lowest BCUT2D eigenvalue weighted by molar-refractivity contribution is -0.137. The quantitative estimate of drug-likeness (QED) is 0.855. The first-order valence-electron chi connectivity index (χ1n) is 5.32. The van der Waals surface area contributed by atoms with Crippen LogP contribution in [-0.2, 0) is 11.3 Å². The second-order valence-corrected chi connectivity index (χ2v) is 4.09. The summed E-state index contributed by atoms with van der Waals surface area (Å²) in [6, 6.07) is 6.85.